The van der Waals surface area contributed by atoms with Crippen molar-refractivity contribution in [2.24, 2.45) is 0 Å². The summed E-state index contributed by atoms with van der Waals surface area (Å²) >= 11 is 0. The molecule has 1 amide bonds. The maximum Gasteiger partial charge on any atom is 0.254 e. The first-order valence-electron chi connectivity index (χ1n) is 9.63. The first-order chi connectivity index (χ1) is 13.5. The number of benzene rings is 2. The van der Waals surface area contributed by atoms with Crippen molar-refractivity contribution in [1.82, 2.24) is 9.80 Å². The van der Waals surface area contributed by atoms with Gasteiger partial charge in [-0.15, -0.1) is 0 Å². The van der Waals surface area contributed by atoms with E-state index in [2.05, 4.69) is 11.8 Å². The van der Waals surface area contributed by atoms with Gasteiger partial charge in [-0.25, -0.2) is 0 Å². The molecule has 0 aromatic heterocycles. The van der Waals surface area contributed by atoms with E-state index >= 15 is 0 Å². The first kappa shape index (κ1) is 20.7. The van der Waals surface area contributed by atoms with E-state index in [-0.39, 0.29) is 11.9 Å². The average Bonchev–Trinajstić information content (AvgIpc) is 2.73. The maximum atomic E-state index is 13.3. The van der Waals surface area contributed by atoms with Crippen molar-refractivity contribution in [3.8, 4) is 0 Å². The summed E-state index contributed by atoms with van der Waals surface area (Å²) in [7, 11) is -1.05. The van der Waals surface area contributed by atoms with Gasteiger partial charge in [0.1, 0.15) is 0 Å². The van der Waals surface area contributed by atoms with E-state index in [4.69, 9.17) is 4.74 Å². The number of amides is 1. The highest BCUT2D eigenvalue weighted by atomic mass is 32.2. The molecule has 2 unspecified atom stereocenters. The lowest BCUT2D eigenvalue weighted by atomic mass is 10.1. The maximum absolute atomic E-state index is 13.3. The highest BCUT2D eigenvalue weighted by Gasteiger charge is 2.24. The number of carbonyl (C=O) groups excluding carboxylic acids is 1. The van der Waals surface area contributed by atoms with Crippen LogP contribution in [0.2, 0.25) is 0 Å². The van der Waals surface area contributed by atoms with Crippen LogP contribution in [0.1, 0.15) is 22.8 Å². The van der Waals surface area contributed by atoms with Crippen LogP contribution in [0.5, 0.6) is 0 Å². The molecule has 1 aliphatic heterocycles. The Labute approximate surface area is 169 Å². The molecule has 2 aromatic rings. The molecule has 0 aliphatic carbocycles. The molecule has 1 aliphatic rings. The topological polar surface area (TPSA) is 49.9 Å². The fourth-order valence-corrected chi connectivity index (χ4v) is 3.94. The summed E-state index contributed by atoms with van der Waals surface area (Å²) in [5.41, 5.74) is 1.73. The zero-order valence-corrected chi connectivity index (χ0v) is 17.4. The van der Waals surface area contributed by atoms with Crippen molar-refractivity contribution < 1.29 is 13.7 Å². The van der Waals surface area contributed by atoms with Crippen LogP contribution in [-0.2, 0) is 22.1 Å². The Hall–Kier alpha value is -2.02. The molecule has 150 valence electrons. The molecule has 5 nitrogen and oxygen atoms in total. The molecular weight excluding hydrogens is 372 g/mol. The number of rotatable bonds is 7. The Kier molecular flexibility index (Phi) is 7.36. The molecule has 0 bridgehead atoms. The van der Waals surface area contributed by atoms with Gasteiger partial charge in [-0.2, -0.15) is 0 Å². The van der Waals surface area contributed by atoms with Gasteiger partial charge in [0, 0.05) is 59.7 Å². The Bertz CT molecular complexity index is 789. The predicted octanol–water partition coefficient (Wildman–Crippen LogP) is 2.79. The Balaban J connectivity index is 1.79. The highest BCUT2D eigenvalue weighted by molar-refractivity contribution is 7.84. The minimum absolute atomic E-state index is 0.00181. The molecule has 6 heteroatoms. The normalized spacial score (nSPS) is 17.1. The number of nitrogens with zero attached hydrogens (tertiary/aromatic N) is 2. The lowest BCUT2D eigenvalue weighted by Gasteiger charge is -2.35. The zero-order valence-electron chi connectivity index (χ0n) is 16.5. The van der Waals surface area contributed by atoms with Gasteiger partial charge in [0.2, 0.25) is 0 Å². The fraction of sp³-hybridized carbons (Fsp3) is 0.409. The van der Waals surface area contributed by atoms with Crippen molar-refractivity contribution >= 4 is 16.7 Å². The van der Waals surface area contributed by atoms with Crippen molar-refractivity contribution in [2.75, 3.05) is 39.1 Å². The third-order valence-electron chi connectivity index (χ3n) is 5.05. The summed E-state index contributed by atoms with van der Waals surface area (Å²) in [6.07, 6.45) is 1.64. The third kappa shape index (κ3) is 5.50. The first-order valence-corrected chi connectivity index (χ1v) is 11.2. The minimum Gasteiger partial charge on any atom is -0.379 e. The van der Waals surface area contributed by atoms with Gasteiger partial charge in [0.25, 0.3) is 5.91 Å². The molecule has 0 saturated carbocycles. The molecule has 2 atom stereocenters. The van der Waals surface area contributed by atoms with Crippen LogP contribution in [0.25, 0.3) is 0 Å². The number of hydrogen-bond acceptors (Lipinski definition) is 4. The number of carbonyl (C=O) groups is 1. The molecule has 3 rings (SSSR count). The monoisotopic (exact) mass is 400 g/mol. The van der Waals surface area contributed by atoms with E-state index in [1.54, 1.807) is 30.5 Å². The summed E-state index contributed by atoms with van der Waals surface area (Å²) < 4.78 is 17.1. The molecule has 1 fully saturated rings. The molecule has 0 N–H and O–H groups in total. The molecule has 0 spiro atoms. The van der Waals surface area contributed by atoms with Crippen molar-refractivity contribution in [1.29, 1.82) is 0 Å². The van der Waals surface area contributed by atoms with E-state index in [0.717, 1.165) is 43.3 Å². The van der Waals surface area contributed by atoms with Crippen LogP contribution in [0.4, 0.5) is 0 Å². The van der Waals surface area contributed by atoms with E-state index in [1.807, 2.05) is 35.2 Å². The largest absolute Gasteiger partial charge is 0.379 e. The van der Waals surface area contributed by atoms with Crippen LogP contribution in [0.3, 0.4) is 0 Å². The van der Waals surface area contributed by atoms with Crippen LogP contribution >= 0.6 is 0 Å². The van der Waals surface area contributed by atoms with Gasteiger partial charge in [-0.05, 0) is 36.8 Å². The quantitative estimate of drug-likeness (QED) is 0.717. The smallest absolute Gasteiger partial charge is 0.254 e. The van der Waals surface area contributed by atoms with Crippen LogP contribution in [0, 0.1) is 0 Å². The van der Waals surface area contributed by atoms with Gasteiger partial charge in [0.15, 0.2) is 0 Å². The molecule has 28 heavy (non-hydrogen) atoms. The lowest BCUT2D eigenvalue weighted by molar-refractivity contribution is 0.0228. The molecule has 1 saturated heterocycles. The Morgan fingerprint density at radius 2 is 1.75 bits per heavy atom. The van der Waals surface area contributed by atoms with Gasteiger partial charge in [0.05, 0.1) is 13.2 Å². The van der Waals surface area contributed by atoms with Gasteiger partial charge in [-0.3, -0.25) is 13.9 Å². The fourth-order valence-electron chi connectivity index (χ4n) is 3.42. The van der Waals surface area contributed by atoms with E-state index in [0.29, 0.717) is 12.1 Å². The lowest BCUT2D eigenvalue weighted by Crippen LogP contribution is -2.48. The second-order valence-electron chi connectivity index (χ2n) is 7.16. The highest BCUT2D eigenvalue weighted by Crippen LogP contribution is 2.16. The summed E-state index contributed by atoms with van der Waals surface area (Å²) in [6, 6.07) is 17.2. The second-order valence-corrected chi connectivity index (χ2v) is 8.54. The number of morpholine rings is 1. The minimum atomic E-state index is -1.05. The number of hydrogen-bond donors (Lipinski definition) is 0. The average molecular weight is 401 g/mol. The van der Waals surface area contributed by atoms with Crippen LogP contribution in [0.15, 0.2) is 59.5 Å². The van der Waals surface area contributed by atoms with E-state index < -0.39 is 10.8 Å². The molecule has 0 radical (unpaired) electrons. The zero-order chi connectivity index (χ0) is 19.9. The van der Waals surface area contributed by atoms with Gasteiger partial charge < -0.3 is 9.64 Å². The second kappa shape index (κ2) is 9.96. The standard InChI is InChI=1S/C22H28N2O3S/c1-18(16-23-12-14-27-15-13-23)24(17-19-6-4-3-5-7-19)22(25)20-8-10-21(11-9-20)28(2)26/h3-11,18H,12-17H2,1-2H3. The van der Waals surface area contributed by atoms with E-state index in [1.165, 1.54) is 0 Å². The predicted molar refractivity (Wildman–Crippen MR) is 112 cm³/mol. The van der Waals surface area contributed by atoms with Crippen LogP contribution in [-0.4, -0.2) is 65.1 Å². The van der Waals surface area contributed by atoms with Crippen molar-refractivity contribution in [2.45, 2.75) is 24.4 Å². The molecule has 2 aromatic carbocycles. The van der Waals surface area contributed by atoms with Crippen molar-refractivity contribution in [3.05, 3.63) is 65.7 Å². The van der Waals surface area contributed by atoms with Gasteiger partial charge >= 0.3 is 0 Å². The summed E-state index contributed by atoms with van der Waals surface area (Å²) in [6.45, 7) is 6.77. The van der Waals surface area contributed by atoms with E-state index in [9.17, 15) is 9.00 Å². The third-order valence-corrected chi connectivity index (χ3v) is 5.98. The molecule has 1 heterocycles. The SMILES string of the molecule is CC(CN1CCOCC1)N(Cc1ccccc1)C(=O)c1ccc(S(C)=O)cc1. The summed E-state index contributed by atoms with van der Waals surface area (Å²) in [5.74, 6) is -0.00181. The Morgan fingerprint density at radius 1 is 1.11 bits per heavy atom. The molecular formula is C22H28N2O3S. The van der Waals surface area contributed by atoms with Crippen molar-refractivity contribution in [3.63, 3.8) is 0 Å². The number of ether oxygens (including phenoxy) is 1. The Morgan fingerprint density at radius 3 is 2.36 bits per heavy atom. The van der Waals surface area contributed by atoms with Crippen LogP contribution < -0.4 is 0 Å². The van der Waals surface area contributed by atoms with Gasteiger partial charge in [-0.1, -0.05) is 30.3 Å². The summed E-state index contributed by atoms with van der Waals surface area (Å²) in [5, 5.41) is 0. The summed E-state index contributed by atoms with van der Waals surface area (Å²) in [4.78, 5) is 18.3.